The van der Waals surface area contributed by atoms with Gasteiger partial charge in [-0.05, 0) is 36.8 Å². The lowest BCUT2D eigenvalue weighted by Crippen LogP contribution is -2.36. The first-order valence-corrected chi connectivity index (χ1v) is 11.0. The monoisotopic (exact) mass is 447 g/mol. The second-order valence-corrected chi connectivity index (χ2v) is 8.51. The van der Waals surface area contributed by atoms with Crippen LogP contribution in [0.5, 0.6) is 0 Å². The fraction of sp³-hybridized carbons (Fsp3) is 0.111. The second-order valence-electron chi connectivity index (χ2n) is 8.51. The topological polar surface area (TPSA) is 74.2 Å². The Morgan fingerprint density at radius 2 is 1.47 bits per heavy atom. The van der Waals surface area contributed by atoms with Gasteiger partial charge in [0.15, 0.2) is 0 Å². The van der Waals surface area contributed by atoms with Crippen LogP contribution in [0.15, 0.2) is 82.6 Å². The summed E-state index contributed by atoms with van der Waals surface area (Å²) < 4.78 is 4.79. The van der Waals surface area contributed by atoms with E-state index < -0.39 is 0 Å². The van der Waals surface area contributed by atoms with Crippen molar-refractivity contribution >= 4 is 27.5 Å². The largest absolute Gasteiger partial charge is 0.331 e. The van der Waals surface area contributed by atoms with E-state index in [-0.39, 0.29) is 11.2 Å². The van der Waals surface area contributed by atoms with E-state index in [9.17, 15) is 9.59 Å². The summed E-state index contributed by atoms with van der Waals surface area (Å²) in [6.07, 6.45) is 3.43. The molecule has 0 amide bonds. The number of fused-ring (bicyclic) bond motifs is 5. The number of aromatic nitrogens is 5. The molecule has 6 aromatic rings. The van der Waals surface area contributed by atoms with Gasteiger partial charge in [-0.3, -0.25) is 18.9 Å². The predicted molar refractivity (Wildman–Crippen MR) is 134 cm³/mol. The van der Waals surface area contributed by atoms with Crippen molar-refractivity contribution in [3.63, 3.8) is 0 Å². The molecule has 4 aromatic heterocycles. The third-order valence-corrected chi connectivity index (χ3v) is 6.43. The van der Waals surface area contributed by atoms with Gasteiger partial charge in [-0.1, -0.05) is 42.0 Å². The van der Waals surface area contributed by atoms with Crippen LogP contribution in [-0.4, -0.2) is 23.5 Å². The molecule has 2 aromatic carbocycles. The fourth-order valence-electron chi connectivity index (χ4n) is 4.74. The number of pyridine rings is 1. The third-order valence-electron chi connectivity index (χ3n) is 6.43. The van der Waals surface area contributed by atoms with Crippen LogP contribution >= 0.6 is 0 Å². The highest BCUT2D eigenvalue weighted by molar-refractivity contribution is 6.11. The molecule has 7 nitrogen and oxygen atoms in total. The molecule has 0 bridgehead atoms. The lowest BCUT2D eigenvalue weighted by atomic mass is 10.1. The Morgan fingerprint density at radius 1 is 0.765 bits per heavy atom. The zero-order valence-corrected chi connectivity index (χ0v) is 19.0. The highest BCUT2D eigenvalue weighted by atomic mass is 16.2. The minimum absolute atomic E-state index is 0.331. The summed E-state index contributed by atoms with van der Waals surface area (Å²) in [7, 11) is 3.22. The molecule has 34 heavy (non-hydrogen) atoms. The standard InChI is InChI=1S/C27H21N5O2/c1-16-8-10-18(11-9-16)23-21-24(30(2)27(34)31(3)26(21)33)25-22(17-12-14-28-15-13-17)29-19-6-4-5-7-20(19)32(23)25/h4-15H,1-3H3. The van der Waals surface area contributed by atoms with Crippen molar-refractivity contribution in [1.82, 2.24) is 23.5 Å². The summed E-state index contributed by atoms with van der Waals surface area (Å²) in [4.78, 5) is 35.8. The van der Waals surface area contributed by atoms with Gasteiger partial charge in [0, 0.05) is 32.1 Å². The van der Waals surface area contributed by atoms with Gasteiger partial charge in [0.05, 0.1) is 38.8 Å². The number of nitrogens with zero attached hydrogens (tertiary/aromatic N) is 5. The summed E-state index contributed by atoms with van der Waals surface area (Å²) in [5.74, 6) is 0. The molecule has 0 aliphatic heterocycles. The van der Waals surface area contributed by atoms with Crippen molar-refractivity contribution in [1.29, 1.82) is 0 Å². The minimum atomic E-state index is -0.380. The van der Waals surface area contributed by atoms with Crippen molar-refractivity contribution in [3.8, 4) is 22.5 Å². The maximum absolute atomic E-state index is 13.6. The Morgan fingerprint density at radius 3 is 2.21 bits per heavy atom. The quantitative estimate of drug-likeness (QED) is 0.401. The average molecular weight is 447 g/mol. The molecule has 0 radical (unpaired) electrons. The number of benzene rings is 2. The zero-order chi connectivity index (χ0) is 23.6. The molecule has 7 heteroatoms. The molecule has 0 aliphatic carbocycles. The third kappa shape index (κ3) is 2.70. The predicted octanol–water partition coefficient (Wildman–Crippen LogP) is 4.08. The van der Waals surface area contributed by atoms with E-state index >= 15 is 0 Å². The smallest absolute Gasteiger partial charge is 0.303 e. The van der Waals surface area contributed by atoms with Gasteiger partial charge in [-0.25, -0.2) is 9.78 Å². The van der Waals surface area contributed by atoms with Gasteiger partial charge < -0.3 is 4.40 Å². The van der Waals surface area contributed by atoms with E-state index in [4.69, 9.17) is 4.98 Å². The Kier molecular flexibility index (Phi) is 4.29. The summed E-state index contributed by atoms with van der Waals surface area (Å²) in [6, 6.07) is 19.7. The molecule has 0 unspecified atom stereocenters. The Labute approximate surface area is 194 Å². The van der Waals surface area contributed by atoms with Gasteiger partial charge >= 0.3 is 5.69 Å². The van der Waals surface area contributed by atoms with E-state index in [1.807, 2.05) is 67.6 Å². The van der Waals surface area contributed by atoms with E-state index in [1.165, 1.54) is 11.6 Å². The van der Waals surface area contributed by atoms with Gasteiger partial charge in [0.25, 0.3) is 5.56 Å². The molecule has 0 saturated heterocycles. The number of para-hydroxylation sites is 2. The van der Waals surface area contributed by atoms with Crippen molar-refractivity contribution in [3.05, 3.63) is 99.5 Å². The number of aryl methyl sites for hydroxylation is 2. The van der Waals surface area contributed by atoms with Crippen LogP contribution in [0, 0.1) is 6.92 Å². The van der Waals surface area contributed by atoms with Crippen LogP contribution in [-0.2, 0) is 14.1 Å². The first kappa shape index (κ1) is 20.1. The molecule has 6 rings (SSSR count). The molecular formula is C27H21N5O2. The molecule has 0 N–H and O–H groups in total. The van der Waals surface area contributed by atoms with Crippen LogP contribution in [0.1, 0.15) is 5.56 Å². The average Bonchev–Trinajstić information content (AvgIpc) is 3.23. The van der Waals surface area contributed by atoms with Gasteiger partial charge in [-0.15, -0.1) is 0 Å². The van der Waals surface area contributed by atoms with E-state index in [0.29, 0.717) is 22.1 Å². The number of hydrogen-bond acceptors (Lipinski definition) is 4. The Bertz CT molecular complexity index is 1860. The van der Waals surface area contributed by atoms with E-state index in [1.54, 1.807) is 24.0 Å². The summed E-state index contributed by atoms with van der Waals surface area (Å²) in [6.45, 7) is 2.03. The van der Waals surface area contributed by atoms with Crippen LogP contribution in [0.25, 0.3) is 50.0 Å². The molecule has 166 valence electrons. The molecule has 0 aliphatic rings. The van der Waals surface area contributed by atoms with Crippen LogP contribution in [0.2, 0.25) is 0 Å². The van der Waals surface area contributed by atoms with Crippen molar-refractivity contribution in [2.75, 3.05) is 0 Å². The first-order chi connectivity index (χ1) is 16.5. The number of hydrogen-bond donors (Lipinski definition) is 0. The van der Waals surface area contributed by atoms with Crippen LogP contribution < -0.4 is 11.2 Å². The highest BCUT2D eigenvalue weighted by Gasteiger charge is 2.25. The van der Waals surface area contributed by atoms with Gasteiger partial charge in [0.1, 0.15) is 0 Å². The minimum Gasteiger partial charge on any atom is -0.303 e. The van der Waals surface area contributed by atoms with E-state index in [0.717, 1.165) is 33.4 Å². The lowest BCUT2D eigenvalue weighted by Gasteiger charge is -2.12. The number of rotatable bonds is 2. The molecule has 4 heterocycles. The molecule has 0 fully saturated rings. The van der Waals surface area contributed by atoms with Crippen LogP contribution in [0.3, 0.4) is 0 Å². The van der Waals surface area contributed by atoms with Gasteiger partial charge in [-0.2, -0.15) is 0 Å². The van der Waals surface area contributed by atoms with Crippen LogP contribution in [0.4, 0.5) is 0 Å². The Hall–Kier alpha value is -4.52. The maximum Gasteiger partial charge on any atom is 0.331 e. The Balaban J connectivity index is 2.00. The highest BCUT2D eigenvalue weighted by Crippen LogP contribution is 2.38. The maximum atomic E-state index is 13.6. The molecular weight excluding hydrogens is 426 g/mol. The lowest BCUT2D eigenvalue weighted by molar-refractivity contribution is 0.716. The summed E-state index contributed by atoms with van der Waals surface area (Å²) in [5, 5.41) is 0.488. The molecule has 0 spiro atoms. The summed E-state index contributed by atoms with van der Waals surface area (Å²) in [5.41, 5.74) is 6.52. The molecule has 0 saturated carbocycles. The second kappa shape index (κ2) is 7.25. The fourth-order valence-corrected chi connectivity index (χ4v) is 4.74. The van der Waals surface area contributed by atoms with E-state index in [2.05, 4.69) is 9.38 Å². The SMILES string of the molecule is Cc1ccc(-c2c3c(=O)n(C)c(=O)n(C)c3c3c(-c4ccncc4)nc4ccccc4n23)cc1. The zero-order valence-electron chi connectivity index (χ0n) is 19.0. The first-order valence-electron chi connectivity index (χ1n) is 11.0. The molecule has 0 atom stereocenters. The van der Waals surface area contributed by atoms with Gasteiger partial charge in [0.2, 0.25) is 0 Å². The summed E-state index contributed by atoms with van der Waals surface area (Å²) >= 11 is 0. The normalized spacial score (nSPS) is 11.6. The van der Waals surface area contributed by atoms with Crippen molar-refractivity contribution in [2.45, 2.75) is 6.92 Å². The van der Waals surface area contributed by atoms with Crippen molar-refractivity contribution < 1.29 is 0 Å². The van der Waals surface area contributed by atoms with Crippen molar-refractivity contribution in [2.24, 2.45) is 14.1 Å².